The van der Waals surface area contributed by atoms with Gasteiger partial charge in [0.2, 0.25) is 0 Å². The first-order valence-corrected chi connectivity index (χ1v) is 19.1. The fraction of sp³-hybridized carbons (Fsp3) is 0.586. The first-order valence-electron chi connectivity index (χ1n) is 14.1. The Kier molecular flexibility index (Phi) is 8.77. The summed E-state index contributed by atoms with van der Waals surface area (Å²) in [6.07, 6.45) is 1.31. The van der Waals surface area contributed by atoms with Gasteiger partial charge < -0.3 is 0 Å². The normalized spacial score (nSPS) is 23.2. The predicted molar refractivity (Wildman–Crippen MR) is 168 cm³/mol. The van der Waals surface area contributed by atoms with Gasteiger partial charge in [0.15, 0.2) is 0 Å². The third-order valence-corrected chi connectivity index (χ3v) is 18.7. The van der Waals surface area contributed by atoms with Crippen molar-refractivity contribution in [3.8, 4) is 0 Å². The third kappa shape index (κ3) is 4.39. The average molecular weight is 667 g/mol. The molecule has 0 N–H and O–H groups in total. The number of nitrogens with zero attached hydrogens (tertiary/aromatic N) is 4. The Morgan fingerprint density at radius 2 is 1.38 bits per heavy atom. The number of methoxy groups -OCH3 is 4. The standard InChI is InChI=1S/C29H43N4O10PSi/c1-16-15-18(22(34)38-9)20(24(36)40-11)44(33(16)32-17(2)42-44)21(25(37)41-12)19(23(35)39-10)29(26(44)31-30,27(3,4)5)43-45(13,14)28(6,7)8/h15H,1-14H3/t29-/m0/s1. The van der Waals surface area contributed by atoms with E-state index in [0.29, 0.717) is 0 Å². The van der Waals surface area contributed by atoms with Crippen molar-refractivity contribution >= 4 is 50.5 Å². The van der Waals surface area contributed by atoms with Crippen molar-refractivity contribution < 1.29 is 51.9 Å². The van der Waals surface area contributed by atoms with Gasteiger partial charge in [-0.3, -0.25) is 0 Å². The van der Waals surface area contributed by atoms with Gasteiger partial charge in [-0.25, -0.2) is 0 Å². The molecule has 1 atom stereocenters. The van der Waals surface area contributed by atoms with Crippen LogP contribution in [0.5, 0.6) is 0 Å². The van der Waals surface area contributed by atoms with Crippen LogP contribution in [-0.2, 0) is 47.1 Å². The Morgan fingerprint density at radius 1 is 0.889 bits per heavy atom. The van der Waals surface area contributed by atoms with Crippen molar-refractivity contribution in [3.05, 3.63) is 39.1 Å². The molecule has 0 aromatic rings. The van der Waals surface area contributed by atoms with Crippen LogP contribution in [0.25, 0.3) is 5.53 Å². The zero-order chi connectivity index (χ0) is 34.7. The molecule has 0 aliphatic carbocycles. The van der Waals surface area contributed by atoms with Gasteiger partial charge in [0, 0.05) is 0 Å². The summed E-state index contributed by atoms with van der Waals surface area (Å²) >= 11 is 0. The molecule has 248 valence electrons. The summed E-state index contributed by atoms with van der Waals surface area (Å²) in [6.45, 7) is 12.0. The van der Waals surface area contributed by atoms with Gasteiger partial charge in [-0.2, -0.15) is 0 Å². The van der Waals surface area contributed by atoms with Gasteiger partial charge in [-0.1, -0.05) is 0 Å². The van der Waals surface area contributed by atoms with Crippen molar-refractivity contribution in [1.82, 2.24) is 4.78 Å². The van der Waals surface area contributed by atoms with E-state index in [4.69, 9.17) is 27.9 Å². The van der Waals surface area contributed by atoms with Crippen LogP contribution in [0.15, 0.2) is 38.6 Å². The fourth-order valence-electron chi connectivity index (χ4n) is 5.99. The predicted octanol–water partition coefficient (Wildman–Crippen LogP) is 4.60. The molecular formula is C29H43N4O10PSi. The molecule has 0 radical (unpaired) electrons. The molecule has 0 fully saturated rings. The van der Waals surface area contributed by atoms with E-state index < -0.39 is 76.9 Å². The topological polar surface area (TPSA) is 176 Å². The molecular weight excluding hydrogens is 623 g/mol. The van der Waals surface area contributed by atoms with E-state index in [0.717, 1.165) is 28.4 Å². The summed E-state index contributed by atoms with van der Waals surface area (Å²) < 4.78 is 36.1. The van der Waals surface area contributed by atoms with E-state index in [9.17, 15) is 24.7 Å². The first-order chi connectivity index (χ1) is 20.5. The van der Waals surface area contributed by atoms with Crippen molar-refractivity contribution in [1.29, 1.82) is 0 Å². The Bertz CT molecular complexity index is 1580. The molecule has 1 spiro atoms. The third-order valence-electron chi connectivity index (χ3n) is 8.87. The minimum absolute atomic E-state index is 0.0864. The fourth-order valence-corrected chi connectivity index (χ4v) is 14.1. The molecule has 45 heavy (non-hydrogen) atoms. The number of hydrazone groups is 1. The zero-order valence-corrected chi connectivity index (χ0v) is 30.3. The van der Waals surface area contributed by atoms with E-state index in [1.54, 1.807) is 27.7 Å². The molecule has 0 amide bonds. The van der Waals surface area contributed by atoms with Crippen molar-refractivity contribution in [2.45, 2.75) is 79.1 Å². The second kappa shape index (κ2) is 11.0. The van der Waals surface area contributed by atoms with Crippen LogP contribution in [0, 0.1) is 5.41 Å². The number of ether oxygens (including phenoxy) is 4. The van der Waals surface area contributed by atoms with Crippen LogP contribution in [0.2, 0.25) is 18.1 Å². The number of esters is 4. The van der Waals surface area contributed by atoms with Crippen LogP contribution in [0.3, 0.4) is 0 Å². The second-order valence-corrected chi connectivity index (χ2v) is 22.0. The summed E-state index contributed by atoms with van der Waals surface area (Å²) in [5, 5.41) is 2.97. The van der Waals surface area contributed by atoms with Crippen LogP contribution in [0.1, 0.15) is 55.4 Å². The molecule has 3 aliphatic rings. The molecule has 3 heterocycles. The maximum atomic E-state index is 14.4. The van der Waals surface area contributed by atoms with Gasteiger partial charge in [0.05, 0.1) is 0 Å². The van der Waals surface area contributed by atoms with Crippen molar-refractivity contribution in [2.24, 2.45) is 10.5 Å². The monoisotopic (exact) mass is 666 g/mol. The number of carbonyl (C=O) groups excluding carboxylic acids is 4. The van der Waals surface area contributed by atoms with E-state index in [1.807, 2.05) is 33.9 Å². The minimum atomic E-state index is -5.79. The molecule has 0 bridgehead atoms. The number of rotatable bonds is 6. The second-order valence-electron chi connectivity index (χ2n) is 13.4. The Morgan fingerprint density at radius 3 is 1.80 bits per heavy atom. The van der Waals surface area contributed by atoms with Crippen LogP contribution >= 0.6 is 6.98 Å². The van der Waals surface area contributed by atoms with Crippen LogP contribution in [-0.4, -0.2) is 87.2 Å². The van der Waals surface area contributed by atoms with E-state index in [2.05, 4.69) is 9.89 Å². The zero-order valence-electron chi connectivity index (χ0n) is 28.4. The number of carbonyl (C=O) groups is 4. The van der Waals surface area contributed by atoms with E-state index in [1.165, 1.54) is 17.8 Å². The summed E-state index contributed by atoms with van der Waals surface area (Å²) in [6, 6.07) is 0. The van der Waals surface area contributed by atoms with Gasteiger partial charge in [-0.05, 0) is 0 Å². The molecule has 16 heteroatoms. The van der Waals surface area contributed by atoms with Gasteiger partial charge in [0.25, 0.3) is 0 Å². The quantitative estimate of drug-likeness (QED) is 0.0967. The Hall–Kier alpha value is -3.64. The summed E-state index contributed by atoms with van der Waals surface area (Å²) in [7, 11) is 1.29. The van der Waals surface area contributed by atoms with Crippen molar-refractivity contribution in [3.63, 3.8) is 0 Å². The average Bonchev–Trinajstić information content (AvgIpc) is 3.37. The molecule has 14 nitrogen and oxygen atoms in total. The van der Waals surface area contributed by atoms with E-state index in [-0.39, 0.29) is 17.2 Å². The van der Waals surface area contributed by atoms with Gasteiger partial charge >= 0.3 is 264 Å². The summed E-state index contributed by atoms with van der Waals surface area (Å²) in [5.74, 6) is -4.42. The molecule has 3 rings (SSSR count). The first kappa shape index (κ1) is 35.8. The molecule has 0 aromatic carbocycles. The SMILES string of the molecule is COC(=O)C1=C(C(=O)OC)P23(OC(C)=NN2C(C)=C1)C(=[N+]=[N-])[C@](O[Si](C)(C)C(C)(C)C)(C(C)(C)C)C(C(=O)OC)=C3C(=O)OC. The number of hydrogen-bond acceptors (Lipinski definition) is 12. The van der Waals surface area contributed by atoms with Gasteiger partial charge in [0.1, 0.15) is 0 Å². The molecule has 0 aromatic heterocycles. The van der Waals surface area contributed by atoms with E-state index >= 15 is 0 Å². The van der Waals surface area contributed by atoms with Gasteiger partial charge in [-0.15, -0.1) is 0 Å². The molecule has 0 saturated carbocycles. The van der Waals surface area contributed by atoms with Crippen LogP contribution in [0.4, 0.5) is 0 Å². The molecule has 0 unspecified atom stereocenters. The molecule has 0 saturated heterocycles. The number of allylic oxidation sites excluding steroid dienone is 1. The Balaban J connectivity index is 2.97. The van der Waals surface area contributed by atoms with Crippen LogP contribution < -0.4 is 0 Å². The summed E-state index contributed by atoms with van der Waals surface area (Å²) in [5.41, 5.74) is 6.91. The van der Waals surface area contributed by atoms with Crippen molar-refractivity contribution in [2.75, 3.05) is 28.4 Å². The Labute approximate surface area is 264 Å². The molecule has 3 aliphatic heterocycles. The summed E-state index contributed by atoms with van der Waals surface area (Å²) in [4.78, 5) is 60.2. The maximum absolute atomic E-state index is 14.4. The number of hydrogen-bond donors (Lipinski definition) is 0.